The first-order valence-electron chi connectivity index (χ1n) is 11.5. The van der Waals surface area contributed by atoms with Crippen molar-refractivity contribution in [1.29, 1.82) is 0 Å². The van der Waals surface area contributed by atoms with Crippen LogP contribution in [0.4, 0.5) is 18.9 Å². The number of anilines is 1. The standard InChI is InChI=1S/C24H30F3N5O2/c1-4-14-5-7-16(8-6-14)32-13-15-9-19(17(23(2,3)34)10-18(15)31-32)30-22(33)20-11-28-12-21(29-20)24(25,26)27/h9-14,16,22,30,33-34H,4-8H2,1-3H3/t14-,16-,22?. The number of benzene rings is 1. The number of fused-ring (bicyclic) bond motifs is 1. The van der Waals surface area contributed by atoms with E-state index in [1.807, 2.05) is 10.9 Å². The predicted molar refractivity (Wildman–Crippen MR) is 122 cm³/mol. The third-order valence-corrected chi connectivity index (χ3v) is 6.60. The summed E-state index contributed by atoms with van der Waals surface area (Å²) in [5.41, 5.74) is -1.23. The summed E-state index contributed by atoms with van der Waals surface area (Å²) < 4.78 is 41.0. The van der Waals surface area contributed by atoms with E-state index in [1.165, 1.54) is 19.3 Å². The number of hydrogen-bond acceptors (Lipinski definition) is 6. The highest BCUT2D eigenvalue weighted by Crippen LogP contribution is 2.37. The second-order valence-electron chi connectivity index (χ2n) is 9.58. The van der Waals surface area contributed by atoms with Crippen molar-refractivity contribution >= 4 is 16.6 Å². The minimum Gasteiger partial charge on any atom is -0.386 e. The molecule has 0 spiro atoms. The topological polar surface area (TPSA) is 96.1 Å². The van der Waals surface area contributed by atoms with E-state index in [2.05, 4.69) is 22.2 Å². The van der Waals surface area contributed by atoms with Crippen molar-refractivity contribution in [2.24, 2.45) is 5.92 Å². The van der Waals surface area contributed by atoms with Crippen LogP contribution < -0.4 is 5.32 Å². The number of aliphatic hydroxyl groups is 2. The zero-order chi connectivity index (χ0) is 24.7. The predicted octanol–water partition coefficient (Wildman–Crippen LogP) is 5.32. The number of aliphatic hydroxyl groups excluding tert-OH is 1. The highest BCUT2D eigenvalue weighted by atomic mass is 19.4. The van der Waals surface area contributed by atoms with Gasteiger partial charge >= 0.3 is 6.18 Å². The normalized spacial score (nSPS) is 20.5. The van der Waals surface area contributed by atoms with E-state index < -0.39 is 23.7 Å². The molecule has 0 amide bonds. The molecule has 0 radical (unpaired) electrons. The van der Waals surface area contributed by atoms with Gasteiger partial charge in [0.1, 0.15) is 5.69 Å². The monoisotopic (exact) mass is 477 g/mol. The Balaban J connectivity index is 1.65. The summed E-state index contributed by atoms with van der Waals surface area (Å²) in [6.07, 6.45) is 3.03. The van der Waals surface area contributed by atoms with Gasteiger partial charge in [0.15, 0.2) is 11.9 Å². The molecule has 4 rings (SSSR count). The van der Waals surface area contributed by atoms with Gasteiger partial charge in [0.05, 0.1) is 29.6 Å². The van der Waals surface area contributed by atoms with Crippen LogP contribution in [0.1, 0.15) is 82.1 Å². The van der Waals surface area contributed by atoms with Gasteiger partial charge in [-0.15, -0.1) is 0 Å². The van der Waals surface area contributed by atoms with Crippen LogP contribution in [0.25, 0.3) is 10.9 Å². The first kappa shape index (κ1) is 24.4. The second-order valence-corrected chi connectivity index (χ2v) is 9.58. The summed E-state index contributed by atoms with van der Waals surface area (Å²) in [5, 5.41) is 29.7. The summed E-state index contributed by atoms with van der Waals surface area (Å²) in [5.74, 6) is 0.763. The van der Waals surface area contributed by atoms with Gasteiger partial charge in [-0.25, -0.2) is 4.98 Å². The largest absolute Gasteiger partial charge is 0.434 e. The quantitative estimate of drug-likeness (QED) is 0.416. The molecule has 1 unspecified atom stereocenters. The molecule has 1 fully saturated rings. The summed E-state index contributed by atoms with van der Waals surface area (Å²) in [6.45, 7) is 5.41. The molecule has 2 heterocycles. The molecule has 3 N–H and O–H groups in total. The Bertz CT molecular complexity index is 1150. The summed E-state index contributed by atoms with van der Waals surface area (Å²) in [4.78, 5) is 7.05. The average Bonchev–Trinajstić information content (AvgIpc) is 3.20. The molecule has 1 atom stereocenters. The molecule has 184 valence electrons. The maximum Gasteiger partial charge on any atom is 0.434 e. The van der Waals surface area contributed by atoms with Crippen LogP contribution in [0.5, 0.6) is 0 Å². The lowest BCUT2D eigenvalue weighted by molar-refractivity contribution is -0.141. The van der Waals surface area contributed by atoms with Crippen LogP contribution in [0.2, 0.25) is 0 Å². The van der Waals surface area contributed by atoms with Gasteiger partial charge in [-0.1, -0.05) is 13.3 Å². The van der Waals surface area contributed by atoms with Crippen molar-refractivity contribution in [3.63, 3.8) is 0 Å². The Hall–Kier alpha value is -2.72. The number of aromatic nitrogens is 4. The SMILES string of the molecule is CC[C@H]1CC[C@H](n2cc3cc(NC(O)c4cncc(C(F)(F)F)n4)c(C(C)(C)O)cc3n2)CC1. The molecule has 0 aliphatic heterocycles. The van der Waals surface area contributed by atoms with Crippen LogP contribution in [0, 0.1) is 5.92 Å². The first-order chi connectivity index (χ1) is 16.0. The van der Waals surface area contributed by atoms with Crippen molar-refractivity contribution in [3.8, 4) is 0 Å². The van der Waals surface area contributed by atoms with Crippen molar-refractivity contribution < 1.29 is 23.4 Å². The summed E-state index contributed by atoms with van der Waals surface area (Å²) >= 11 is 0. The lowest BCUT2D eigenvalue weighted by Gasteiger charge is -2.27. The fraction of sp³-hybridized carbons (Fsp3) is 0.542. The van der Waals surface area contributed by atoms with E-state index in [-0.39, 0.29) is 5.69 Å². The van der Waals surface area contributed by atoms with Gasteiger partial charge in [0.25, 0.3) is 0 Å². The Kier molecular flexibility index (Phi) is 6.56. The van der Waals surface area contributed by atoms with Gasteiger partial charge in [-0.05, 0) is 57.6 Å². The molecule has 1 aliphatic rings. The fourth-order valence-corrected chi connectivity index (χ4v) is 4.59. The minimum absolute atomic E-state index is 0.278. The summed E-state index contributed by atoms with van der Waals surface area (Å²) in [7, 11) is 0. The maximum absolute atomic E-state index is 13.0. The number of alkyl halides is 3. The Morgan fingerprint density at radius 3 is 2.47 bits per heavy atom. The zero-order valence-corrected chi connectivity index (χ0v) is 19.5. The first-order valence-corrected chi connectivity index (χ1v) is 11.5. The smallest absolute Gasteiger partial charge is 0.386 e. The van der Waals surface area contributed by atoms with Crippen molar-refractivity contribution in [3.05, 3.63) is 47.7 Å². The molecule has 10 heteroatoms. The fourth-order valence-electron chi connectivity index (χ4n) is 4.59. The third-order valence-electron chi connectivity index (χ3n) is 6.60. The minimum atomic E-state index is -4.68. The number of hydrogen-bond donors (Lipinski definition) is 3. The molecule has 34 heavy (non-hydrogen) atoms. The van der Waals surface area contributed by atoms with Crippen molar-refractivity contribution in [2.75, 3.05) is 5.32 Å². The zero-order valence-electron chi connectivity index (χ0n) is 19.5. The number of halogens is 3. The van der Waals surface area contributed by atoms with Crippen molar-refractivity contribution in [2.45, 2.75) is 76.9 Å². The van der Waals surface area contributed by atoms with E-state index in [1.54, 1.807) is 26.0 Å². The highest BCUT2D eigenvalue weighted by Gasteiger charge is 2.34. The molecular weight excluding hydrogens is 447 g/mol. The van der Waals surface area contributed by atoms with Gasteiger partial charge in [-0.3, -0.25) is 9.67 Å². The molecule has 0 bridgehead atoms. The third kappa shape index (κ3) is 5.17. The number of nitrogens with one attached hydrogen (secondary N) is 1. The van der Waals surface area contributed by atoms with E-state index in [0.29, 0.717) is 29.0 Å². The van der Waals surface area contributed by atoms with Crippen LogP contribution in [-0.2, 0) is 11.8 Å². The van der Waals surface area contributed by atoms with Crippen molar-refractivity contribution in [1.82, 2.24) is 19.7 Å². The van der Waals surface area contributed by atoms with Crippen LogP contribution in [-0.4, -0.2) is 30.0 Å². The van der Waals surface area contributed by atoms with E-state index in [0.717, 1.165) is 30.3 Å². The lowest BCUT2D eigenvalue weighted by Crippen LogP contribution is -2.21. The molecule has 0 saturated heterocycles. The Labute approximate surface area is 196 Å². The van der Waals surface area contributed by atoms with Gasteiger partial charge in [0.2, 0.25) is 0 Å². The number of rotatable bonds is 6. The van der Waals surface area contributed by atoms with Gasteiger partial charge < -0.3 is 15.5 Å². The molecule has 7 nitrogen and oxygen atoms in total. The van der Waals surface area contributed by atoms with E-state index >= 15 is 0 Å². The van der Waals surface area contributed by atoms with Crippen LogP contribution in [0.3, 0.4) is 0 Å². The van der Waals surface area contributed by atoms with E-state index in [4.69, 9.17) is 5.10 Å². The van der Waals surface area contributed by atoms with E-state index in [9.17, 15) is 23.4 Å². The Morgan fingerprint density at radius 1 is 1.15 bits per heavy atom. The van der Waals surface area contributed by atoms with Crippen LogP contribution >= 0.6 is 0 Å². The van der Waals surface area contributed by atoms with Gasteiger partial charge in [0, 0.05) is 22.8 Å². The second kappa shape index (κ2) is 9.14. The molecule has 1 saturated carbocycles. The molecule has 1 aliphatic carbocycles. The van der Waals surface area contributed by atoms with Gasteiger partial charge in [-0.2, -0.15) is 18.3 Å². The number of nitrogens with zero attached hydrogens (tertiary/aromatic N) is 4. The molecular formula is C24H30F3N5O2. The summed E-state index contributed by atoms with van der Waals surface area (Å²) in [6, 6.07) is 3.80. The van der Waals surface area contributed by atoms with Crippen LogP contribution in [0.15, 0.2) is 30.7 Å². The Morgan fingerprint density at radius 2 is 1.85 bits per heavy atom. The molecule has 3 aromatic rings. The molecule has 1 aromatic carbocycles. The highest BCUT2D eigenvalue weighted by molar-refractivity contribution is 5.84. The average molecular weight is 478 g/mol. The molecule has 2 aromatic heterocycles. The maximum atomic E-state index is 13.0. The lowest BCUT2D eigenvalue weighted by atomic mass is 9.85.